The Kier molecular flexibility index (Phi) is 13.9. The fraction of sp³-hybridized carbons (Fsp3) is 0.523. The zero-order valence-electron chi connectivity index (χ0n) is 32.9. The predicted octanol–water partition coefficient (Wildman–Crippen LogP) is 11.6. The molecule has 7 heteroatoms. The van der Waals surface area contributed by atoms with Crippen LogP contribution in [0.25, 0.3) is 0 Å². The molecule has 0 aromatic heterocycles. The molecule has 0 aliphatic carbocycles. The molecule has 1 heterocycles. The number of hydrogen-bond acceptors (Lipinski definition) is 5. The van der Waals surface area contributed by atoms with Gasteiger partial charge in [-0.15, -0.1) is 0 Å². The van der Waals surface area contributed by atoms with Gasteiger partial charge >= 0.3 is 0 Å². The van der Waals surface area contributed by atoms with Crippen molar-refractivity contribution in [3.05, 3.63) is 120 Å². The predicted molar refractivity (Wildman–Crippen MR) is 216 cm³/mol. The molecule has 0 spiro atoms. The highest BCUT2D eigenvalue weighted by atomic mass is 28.4. The Balaban J connectivity index is 1.74. The number of unbranched alkanes of at least 4 members (excludes halogenated alkanes) is 2. The largest absolute Gasteiger partial charge is 0.411 e. The van der Waals surface area contributed by atoms with Crippen molar-refractivity contribution in [1.82, 2.24) is 0 Å². The van der Waals surface area contributed by atoms with Crippen LogP contribution in [0.1, 0.15) is 90.3 Å². The highest BCUT2D eigenvalue weighted by Gasteiger charge is 2.49. The normalized spacial score (nSPS) is 19.7. The number of ether oxygens (including phenoxy) is 2. The van der Waals surface area contributed by atoms with Crippen LogP contribution in [-0.4, -0.2) is 47.7 Å². The summed E-state index contributed by atoms with van der Waals surface area (Å²) in [5, 5.41) is 9.10. The summed E-state index contributed by atoms with van der Waals surface area (Å²) < 4.78 is 28.9. The molecule has 0 radical (unpaired) electrons. The first-order valence-electron chi connectivity index (χ1n) is 18.9. The molecule has 3 aromatic rings. The van der Waals surface area contributed by atoms with Crippen LogP contribution >= 0.6 is 0 Å². The van der Waals surface area contributed by atoms with Crippen molar-refractivity contribution in [2.45, 2.75) is 140 Å². The number of hydrogen-bond donors (Lipinski definition) is 0. The first-order chi connectivity index (χ1) is 24.0. The summed E-state index contributed by atoms with van der Waals surface area (Å²) in [5.74, 6) is 0. The lowest BCUT2D eigenvalue weighted by Gasteiger charge is -2.40. The molecule has 0 amide bonds. The van der Waals surface area contributed by atoms with E-state index in [9.17, 15) is 0 Å². The summed E-state index contributed by atoms with van der Waals surface area (Å²) in [5.41, 5.74) is 2.36. The molecule has 0 unspecified atom stereocenters. The van der Waals surface area contributed by atoms with E-state index in [1.165, 1.54) is 0 Å². The molecule has 0 saturated carbocycles. The van der Waals surface area contributed by atoms with Crippen LogP contribution in [-0.2, 0) is 23.9 Å². The van der Waals surface area contributed by atoms with Gasteiger partial charge in [0, 0.05) is 12.8 Å². The molecule has 1 fully saturated rings. The Morgan fingerprint density at radius 3 is 1.71 bits per heavy atom. The maximum Gasteiger partial charge on any atom is 0.192 e. The molecule has 1 saturated heterocycles. The van der Waals surface area contributed by atoms with E-state index in [1.807, 2.05) is 0 Å². The van der Waals surface area contributed by atoms with Crippen molar-refractivity contribution in [2.24, 2.45) is 0 Å². The van der Waals surface area contributed by atoms with Gasteiger partial charge in [-0.05, 0) is 72.2 Å². The van der Waals surface area contributed by atoms with Gasteiger partial charge in [-0.1, -0.05) is 145 Å². The first-order valence-corrected chi connectivity index (χ1v) is 24.7. The summed E-state index contributed by atoms with van der Waals surface area (Å²) in [7, 11) is -4.31. The number of nitrogens with zero attached hydrogens (tertiary/aromatic N) is 1. The summed E-state index contributed by atoms with van der Waals surface area (Å²) in [6, 6.07) is 33.9. The fourth-order valence-electron chi connectivity index (χ4n) is 6.27. The topological polar surface area (TPSA) is 60.7 Å². The van der Waals surface area contributed by atoms with Gasteiger partial charge in [-0.2, -0.15) is 5.26 Å². The third kappa shape index (κ3) is 10.2. The van der Waals surface area contributed by atoms with E-state index in [4.69, 9.17) is 23.6 Å². The lowest BCUT2D eigenvalue weighted by atomic mass is 9.80. The molecule has 0 bridgehead atoms. The molecule has 1 aliphatic heterocycles. The second kappa shape index (κ2) is 17.3. The lowest BCUT2D eigenvalue weighted by Crippen LogP contribution is -2.47. The third-order valence-electron chi connectivity index (χ3n) is 11.3. The van der Waals surface area contributed by atoms with Gasteiger partial charge in [0.05, 0.1) is 31.0 Å². The van der Waals surface area contributed by atoms with E-state index < -0.39 is 22.2 Å². The van der Waals surface area contributed by atoms with Gasteiger partial charge in [0.25, 0.3) is 0 Å². The lowest BCUT2D eigenvalue weighted by molar-refractivity contribution is -0.0960. The Bertz CT molecular complexity index is 1460. The average Bonchev–Trinajstić information content (AvgIpc) is 3.48. The second-order valence-electron chi connectivity index (χ2n) is 17.1. The van der Waals surface area contributed by atoms with Gasteiger partial charge in [0.2, 0.25) is 0 Å². The van der Waals surface area contributed by atoms with Crippen molar-refractivity contribution in [2.75, 3.05) is 6.61 Å². The average molecular weight is 726 g/mol. The minimum absolute atomic E-state index is 0.0432. The van der Waals surface area contributed by atoms with E-state index >= 15 is 0 Å². The van der Waals surface area contributed by atoms with Crippen molar-refractivity contribution >= 4 is 16.6 Å². The highest BCUT2D eigenvalue weighted by Crippen LogP contribution is 2.45. The van der Waals surface area contributed by atoms with E-state index in [0.717, 1.165) is 42.4 Å². The minimum atomic E-state index is -2.17. The van der Waals surface area contributed by atoms with Crippen molar-refractivity contribution in [1.29, 1.82) is 5.26 Å². The van der Waals surface area contributed by atoms with E-state index in [2.05, 4.69) is 177 Å². The smallest absolute Gasteiger partial charge is 0.192 e. The second-order valence-corrected chi connectivity index (χ2v) is 26.6. The number of nitriles is 1. The number of allylic oxidation sites excluding steroid dienone is 1. The number of rotatable bonds is 16. The van der Waals surface area contributed by atoms with Crippen LogP contribution in [0.3, 0.4) is 0 Å². The zero-order chi connectivity index (χ0) is 37.3. The van der Waals surface area contributed by atoms with Gasteiger partial charge in [0.15, 0.2) is 16.6 Å². The molecule has 5 nitrogen and oxygen atoms in total. The van der Waals surface area contributed by atoms with Crippen molar-refractivity contribution < 1.29 is 18.3 Å². The molecule has 3 aromatic carbocycles. The Morgan fingerprint density at radius 2 is 1.25 bits per heavy atom. The van der Waals surface area contributed by atoms with E-state index in [-0.39, 0.29) is 34.5 Å². The van der Waals surface area contributed by atoms with Crippen LogP contribution in [0, 0.1) is 11.3 Å². The van der Waals surface area contributed by atoms with Gasteiger partial charge in [-0.3, -0.25) is 0 Å². The number of benzene rings is 3. The first kappa shape index (κ1) is 40.9. The summed E-state index contributed by atoms with van der Waals surface area (Å²) >= 11 is 0. The zero-order valence-corrected chi connectivity index (χ0v) is 34.9. The molecule has 4 rings (SSSR count). The van der Waals surface area contributed by atoms with Crippen LogP contribution < -0.4 is 0 Å². The molecule has 1 aliphatic rings. The standard InChI is InChI=1S/C44H63NO4Si2/c1-42(2,3)50(7,8)48-38(31-23-12-11-13-24-32-45)39-33-40(49-51(9,10)43(4,5)6)41(47-39)34-46-44(35-25-17-14-18-26-35,36-27-19-15-20-28-36)37-29-21-16-22-30-37/h12,14-23,25-30,38-41H,11,13,24,31,33-34H2,1-10H3/b23-12-/t38-,39-,40-,41-/m0/s1. The van der Waals surface area contributed by atoms with Crippen LogP contribution in [0.4, 0.5) is 0 Å². The maximum absolute atomic E-state index is 9.00. The Hall–Kier alpha value is -2.84. The Labute approximate surface area is 311 Å². The quantitative estimate of drug-likeness (QED) is 0.0637. The molecule has 0 N–H and O–H groups in total. The van der Waals surface area contributed by atoms with Gasteiger partial charge in [-0.25, -0.2) is 0 Å². The molecule has 51 heavy (non-hydrogen) atoms. The third-order valence-corrected chi connectivity index (χ3v) is 20.4. The summed E-state index contributed by atoms with van der Waals surface area (Å²) in [6.07, 6.45) is 7.58. The van der Waals surface area contributed by atoms with Crippen LogP contribution in [0.15, 0.2) is 103 Å². The van der Waals surface area contributed by atoms with Gasteiger partial charge in [0.1, 0.15) is 11.7 Å². The van der Waals surface area contributed by atoms with Crippen molar-refractivity contribution in [3.8, 4) is 6.07 Å². The van der Waals surface area contributed by atoms with E-state index in [1.54, 1.807) is 0 Å². The fourth-order valence-corrected chi connectivity index (χ4v) is 8.98. The summed E-state index contributed by atoms with van der Waals surface area (Å²) in [6.45, 7) is 23.4. The SMILES string of the molecule is CC(C)(C)[Si](C)(C)O[C@@H](C/C=C\CCCC#N)[C@@H]1C[C@H](O[Si](C)(C)C(C)(C)C)[C@H](COC(c2ccccc2)(c2ccccc2)c2ccccc2)O1. The molecule has 4 atom stereocenters. The maximum atomic E-state index is 9.00. The highest BCUT2D eigenvalue weighted by molar-refractivity contribution is 6.74. The van der Waals surface area contributed by atoms with Crippen molar-refractivity contribution in [3.63, 3.8) is 0 Å². The minimum Gasteiger partial charge on any atom is -0.411 e. The molecule has 276 valence electrons. The van der Waals surface area contributed by atoms with E-state index in [0.29, 0.717) is 13.0 Å². The molecular weight excluding hydrogens is 663 g/mol. The summed E-state index contributed by atoms with van der Waals surface area (Å²) in [4.78, 5) is 0. The monoisotopic (exact) mass is 725 g/mol. The Morgan fingerprint density at radius 1 is 0.765 bits per heavy atom. The van der Waals surface area contributed by atoms with Gasteiger partial charge < -0.3 is 18.3 Å². The van der Waals surface area contributed by atoms with Crippen LogP contribution in [0.5, 0.6) is 0 Å². The van der Waals surface area contributed by atoms with Crippen LogP contribution in [0.2, 0.25) is 36.3 Å². The molecular formula is C44H63NO4Si2.